The van der Waals surface area contributed by atoms with E-state index in [0.29, 0.717) is 35.5 Å². The Morgan fingerprint density at radius 1 is 1.03 bits per heavy atom. The van der Waals surface area contributed by atoms with Gasteiger partial charge in [0, 0.05) is 47.8 Å². The predicted molar refractivity (Wildman–Crippen MR) is 120 cm³/mol. The van der Waals surface area contributed by atoms with E-state index in [1.165, 1.54) is 24.5 Å². The third-order valence-electron chi connectivity index (χ3n) is 5.95. The molecule has 1 N–H and O–H groups in total. The van der Waals surface area contributed by atoms with Gasteiger partial charge in [-0.25, -0.2) is 23.8 Å². The number of nitrogens with one attached hydrogen (secondary N) is 1. The molecular weight excluding hydrogens is 428 g/mol. The van der Waals surface area contributed by atoms with Crippen LogP contribution >= 0.6 is 0 Å². The van der Waals surface area contributed by atoms with E-state index in [1.54, 1.807) is 6.92 Å². The second kappa shape index (κ2) is 8.67. The number of H-pyrrole nitrogens is 1. The van der Waals surface area contributed by atoms with Gasteiger partial charge in [-0.2, -0.15) is 5.10 Å². The van der Waals surface area contributed by atoms with Gasteiger partial charge in [-0.05, 0) is 35.9 Å². The molecule has 1 fully saturated rings. The molecule has 0 radical (unpaired) electrons. The Balaban J connectivity index is 1.58. The summed E-state index contributed by atoms with van der Waals surface area (Å²) in [5.41, 5.74) is 2.60. The van der Waals surface area contributed by atoms with Gasteiger partial charge in [0.1, 0.15) is 18.0 Å². The van der Waals surface area contributed by atoms with Crippen LogP contribution in [0.2, 0.25) is 0 Å². The molecule has 2 aromatic heterocycles. The van der Waals surface area contributed by atoms with E-state index in [4.69, 9.17) is 4.74 Å². The lowest BCUT2D eigenvalue weighted by Crippen LogP contribution is -2.36. The fraction of sp³-hybridized carbons (Fsp3) is 0.250. The first-order valence-corrected chi connectivity index (χ1v) is 10.6. The first-order valence-electron chi connectivity index (χ1n) is 10.6. The molecule has 0 spiro atoms. The molecule has 1 atom stereocenters. The van der Waals surface area contributed by atoms with E-state index in [2.05, 4.69) is 25.1 Å². The van der Waals surface area contributed by atoms with Crippen molar-refractivity contribution in [3.05, 3.63) is 82.0 Å². The SMILES string of the molecule is CC(c1ccc(=O)[nH]n1)c1cc(-c2ncnc3cc(N4CCOCC4)ccc23)c(F)cc1F. The fourth-order valence-electron chi connectivity index (χ4n) is 4.11. The molecule has 4 aromatic rings. The summed E-state index contributed by atoms with van der Waals surface area (Å²) in [6.07, 6.45) is 1.39. The molecule has 0 bridgehead atoms. The monoisotopic (exact) mass is 449 g/mol. The number of nitrogens with zero attached hydrogens (tertiary/aromatic N) is 4. The van der Waals surface area contributed by atoms with Gasteiger partial charge in [-0.3, -0.25) is 4.79 Å². The van der Waals surface area contributed by atoms with E-state index in [9.17, 15) is 13.6 Å². The summed E-state index contributed by atoms with van der Waals surface area (Å²) in [4.78, 5) is 22.2. The minimum atomic E-state index is -0.713. The van der Waals surface area contributed by atoms with Crippen molar-refractivity contribution in [2.45, 2.75) is 12.8 Å². The number of fused-ring (bicyclic) bond motifs is 1. The number of hydrogen-bond acceptors (Lipinski definition) is 6. The second-order valence-corrected chi connectivity index (χ2v) is 7.94. The zero-order valence-corrected chi connectivity index (χ0v) is 17.9. The molecular formula is C24H21F2N5O2. The first kappa shape index (κ1) is 21.1. The lowest BCUT2D eigenvalue weighted by Gasteiger charge is -2.29. The molecule has 1 aliphatic rings. The Kier molecular flexibility index (Phi) is 5.55. The number of benzene rings is 2. The third-order valence-corrected chi connectivity index (χ3v) is 5.95. The normalized spacial score (nSPS) is 15.1. The van der Waals surface area contributed by atoms with E-state index in [0.717, 1.165) is 24.8 Å². The summed E-state index contributed by atoms with van der Waals surface area (Å²) in [7, 11) is 0. The molecule has 2 aromatic carbocycles. The predicted octanol–water partition coefficient (Wildman–Crippen LogP) is 3.65. The van der Waals surface area contributed by atoms with Crippen molar-refractivity contribution in [2.24, 2.45) is 0 Å². The highest BCUT2D eigenvalue weighted by atomic mass is 19.1. The zero-order valence-electron chi connectivity index (χ0n) is 17.9. The number of aromatic nitrogens is 4. The van der Waals surface area contributed by atoms with Gasteiger partial charge in [0.25, 0.3) is 5.56 Å². The molecule has 7 nitrogen and oxygen atoms in total. The molecule has 0 saturated carbocycles. The third kappa shape index (κ3) is 4.07. The van der Waals surface area contributed by atoms with E-state index < -0.39 is 17.6 Å². The molecule has 1 saturated heterocycles. The molecule has 3 heterocycles. The van der Waals surface area contributed by atoms with Crippen LogP contribution in [0.4, 0.5) is 14.5 Å². The Labute approximate surface area is 188 Å². The molecule has 1 aliphatic heterocycles. The highest BCUT2D eigenvalue weighted by molar-refractivity contribution is 5.94. The number of morpholine rings is 1. The Morgan fingerprint density at radius 2 is 1.85 bits per heavy atom. The molecule has 0 aliphatic carbocycles. The average Bonchev–Trinajstić information content (AvgIpc) is 2.84. The number of anilines is 1. The van der Waals surface area contributed by atoms with Crippen molar-refractivity contribution in [2.75, 3.05) is 31.2 Å². The molecule has 1 unspecified atom stereocenters. The minimum absolute atomic E-state index is 0.175. The van der Waals surface area contributed by atoms with Gasteiger partial charge in [0.15, 0.2) is 0 Å². The van der Waals surface area contributed by atoms with Crippen LogP contribution in [0.3, 0.4) is 0 Å². The Hall–Kier alpha value is -3.72. The quantitative estimate of drug-likeness (QED) is 0.512. The number of rotatable bonds is 4. The van der Waals surface area contributed by atoms with Crippen LogP contribution in [0.15, 0.2) is 53.6 Å². The molecule has 168 valence electrons. The maximum Gasteiger partial charge on any atom is 0.264 e. The summed E-state index contributed by atoms with van der Waals surface area (Å²) in [5, 5.41) is 7.00. The Morgan fingerprint density at radius 3 is 2.61 bits per heavy atom. The minimum Gasteiger partial charge on any atom is -0.378 e. The van der Waals surface area contributed by atoms with E-state index >= 15 is 0 Å². The van der Waals surface area contributed by atoms with Crippen molar-refractivity contribution in [3.8, 4) is 11.3 Å². The number of ether oxygens (including phenoxy) is 1. The van der Waals surface area contributed by atoms with Gasteiger partial charge in [-0.15, -0.1) is 0 Å². The van der Waals surface area contributed by atoms with Crippen molar-refractivity contribution in [3.63, 3.8) is 0 Å². The maximum absolute atomic E-state index is 14.9. The van der Waals surface area contributed by atoms with Crippen molar-refractivity contribution in [1.29, 1.82) is 0 Å². The highest BCUT2D eigenvalue weighted by Gasteiger charge is 2.21. The summed E-state index contributed by atoms with van der Waals surface area (Å²) in [6.45, 7) is 4.65. The smallest absolute Gasteiger partial charge is 0.264 e. The highest BCUT2D eigenvalue weighted by Crippen LogP contribution is 2.34. The van der Waals surface area contributed by atoms with Crippen LogP contribution in [0.25, 0.3) is 22.2 Å². The first-order chi connectivity index (χ1) is 16.0. The van der Waals surface area contributed by atoms with Crippen LogP contribution in [0.5, 0.6) is 0 Å². The summed E-state index contributed by atoms with van der Waals surface area (Å²) >= 11 is 0. The second-order valence-electron chi connectivity index (χ2n) is 7.94. The van der Waals surface area contributed by atoms with Crippen LogP contribution in [0.1, 0.15) is 24.1 Å². The van der Waals surface area contributed by atoms with E-state index in [-0.39, 0.29) is 16.7 Å². The van der Waals surface area contributed by atoms with Crippen LogP contribution in [0, 0.1) is 11.6 Å². The average molecular weight is 449 g/mol. The summed E-state index contributed by atoms with van der Waals surface area (Å²) in [5.74, 6) is -1.91. The molecule has 5 rings (SSSR count). The number of halogens is 2. The topological polar surface area (TPSA) is 84.0 Å². The van der Waals surface area contributed by atoms with E-state index in [1.807, 2.05) is 18.2 Å². The van der Waals surface area contributed by atoms with Gasteiger partial charge >= 0.3 is 0 Å². The molecule has 9 heteroatoms. The Bertz CT molecular complexity index is 1360. The van der Waals surface area contributed by atoms with Crippen molar-refractivity contribution < 1.29 is 13.5 Å². The standard InChI is InChI=1S/C24H21F2N5O2/c1-14(21-4-5-23(32)30-29-21)17-11-18(20(26)12-19(17)25)24-16-3-2-15(10-22(16)27-13-28-24)31-6-8-33-9-7-31/h2-5,10-14H,6-9H2,1H3,(H,30,32). The molecule has 33 heavy (non-hydrogen) atoms. The van der Waals surface area contributed by atoms with Crippen LogP contribution in [-0.2, 0) is 4.74 Å². The summed E-state index contributed by atoms with van der Waals surface area (Å²) < 4.78 is 35.1. The summed E-state index contributed by atoms with van der Waals surface area (Å²) in [6, 6.07) is 10.9. The van der Waals surface area contributed by atoms with Crippen molar-refractivity contribution in [1.82, 2.24) is 20.2 Å². The van der Waals surface area contributed by atoms with Gasteiger partial charge in [0.05, 0.1) is 30.1 Å². The van der Waals surface area contributed by atoms with Crippen LogP contribution < -0.4 is 10.5 Å². The van der Waals surface area contributed by atoms with Gasteiger partial charge in [-0.1, -0.05) is 6.92 Å². The van der Waals surface area contributed by atoms with Crippen LogP contribution in [-0.4, -0.2) is 46.5 Å². The molecule has 0 amide bonds. The fourth-order valence-corrected chi connectivity index (χ4v) is 4.11. The van der Waals surface area contributed by atoms with Crippen molar-refractivity contribution >= 4 is 16.6 Å². The maximum atomic E-state index is 14.9. The van der Waals surface area contributed by atoms with Gasteiger partial charge in [0.2, 0.25) is 0 Å². The number of hydrogen-bond donors (Lipinski definition) is 1. The number of aromatic amines is 1. The lowest BCUT2D eigenvalue weighted by molar-refractivity contribution is 0.122. The largest absolute Gasteiger partial charge is 0.378 e. The van der Waals surface area contributed by atoms with Gasteiger partial charge < -0.3 is 9.64 Å². The zero-order chi connectivity index (χ0) is 22.9. The lowest BCUT2D eigenvalue weighted by atomic mass is 9.93.